The predicted octanol–water partition coefficient (Wildman–Crippen LogP) is 3.20. The number of tetrazole rings is 1. The molecule has 7 heteroatoms. The summed E-state index contributed by atoms with van der Waals surface area (Å²) in [6.45, 7) is 5.86. The molecule has 3 rings (SSSR count). The number of aromatic nitrogens is 4. The lowest BCUT2D eigenvalue weighted by molar-refractivity contribution is 0.284. The third-order valence-corrected chi connectivity index (χ3v) is 4.03. The highest BCUT2D eigenvalue weighted by atomic mass is 16.5. The Morgan fingerprint density at radius 2 is 1.81 bits per heavy atom. The Kier molecular flexibility index (Phi) is 5.68. The predicted molar refractivity (Wildman–Crippen MR) is 99.3 cm³/mol. The molecule has 0 bridgehead atoms. The monoisotopic (exact) mass is 353 g/mol. The fourth-order valence-corrected chi connectivity index (χ4v) is 2.51. The molecular weight excluding hydrogens is 330 g/mol. The number of methoxy groups -OCH3 is 1. The molecule has 2 aromatic carbocycles. The van der Waals surface area contributed by atoms with Gasteiger partial charge in [0.05, 0.1) is 7.11 Å². The number of nitrogens with zero attached hydrogens (tertiary/aromatic N) is 4. The molecule has 7 nitrogen and oxygen atoms in total. The van der Waals surface area contributed by atoms with E-state index in [1.807, 2.05) is 25.1 Å². The van der Waals surface area contributed by atoms with Gasteiger partial charge in [0, 0.05) is 13.1 Å². The molecule has 0 saturated heterocycles. The molecule has 0 fully saturated rings. The quantitative estimate of drug-likeness (QED) is 0.670. The molecule has 1 aromatic heterocycles. The van der Waals surface area contributed by atoms with Gasteiger partial charge in [-0.15, -0.1) is 0 Å². The van der Waals surface area contributed by atoms with Gasteiger partial charge in [-0.3, -0.25) is 0 Å². The van der Waals surface area contributed by atoms with E-state index in [9.17, 15) is 0 Å². The Morgan fingerprint density at radius 3 is 2.54 bits per heavy atom. The number of rotatable bonds is 8. The molecule has 0 aliphatic carbocycles. The minimum absolute atomic E-state index is 0.500. The van der Waals surface area contributed by atoms with Crippen molar-refractivity contribution < 1.29 is 9.47 Å². The summed E-state index contributed by atoms with van der Waals surface area (Å²) < 4.78 is 13.1. The maximum atomic E-state index is 5.91. The molecule has 0 saturated carbocycles. The van der Waals surface area contributed by atoms with Gasteiger partial charge < -0.3 is 14.8 Å². The molecule has 1 heterocycles. The van der Waals surface area contributed by atoms with Crippen molar-refractivity contribution in [2.45, 2.75) is 33.5 Å². The lowest BCUT2D eigenvalue weighted by Gasteiger charge is -2.13. The maximum absolute atomic E-state index is 5.91. The summed E-state index contributed by atoms with van der Waals surface area (Å²) in [6, 6.07) is 14.2. The van der Waals surface area contributed by atoms with Gasteiger partial charge in [0.1, 0.15) is 6.61 Å². The summed E-state index contributed by atoms with van der Waals surface area (Å²) in [6.07, 6.45) is 0. The van der Waals surface area contributed by atoms with Crippen LogP contribution in [0.1, 0.15) is 23.6 Å². The fourth-order valence-electron chi connectivity index (χ4n) is 2.51. The first-order valence-electron chi connectivity index (χ1n) is 8.55. The molecular formula is C19H23N5O2. The highest BCUT2D eigenvalue weighted by Gasteiger charge is 2.08. The lowest BCUT2D eigenvalue weighted by Crippen LogP contribution is -2.08. The summed E-state index contributed by atoms with van der Waals surface area (Å²) in [5.74, 6) is 2.06. The number of anilines is 1. The molecule has 0 radical (unpaired) electrons. The fraction of sp³-hybridized carbons (Fsp3) is 0.316. The van der Waals surface area contributed by atoms with Gasteiger partial charge in [0.2, 0.25) is 5.95 Å². The van der Waals surface area contributed by atoms with E-state index in [2.05, 4.69) is 52.0 Å². The summed E-state index contributed by atoms with van der Waals surface area (Å²) in [7, 11) is 1.64. The van der Waals surface area contributed by atoms with Crippen molar-refractivity contribution >= 4 is 5.95 Å². The van der Waals surface area contributed by atoms with Crippen LogP contribution in [-0.4, -0.2) is 27.3 Å². The summed E-state index contributed by atoms with van der Waals surface area (Å²) in [5, 5.41) is 14.8. The molecule has 3 aromatic rings. The second-order valence-corrected chi connectivity index (χ2v) is 5.93. The van der Waals surface area contributed by atoms with Crippen molar-refractivity contribution in [1.29, 1.82) is 0 Å². The van der Waals surface area contributed by atoms with E-state index in [0.717, 1.165) is 16.9 Å². The Bertz CT molecular complexity index is 845. The van der Waals surface area contributed by atoms with Crippen LogP contribution >= 0.6 is 0 Å². The van der Waals surface area contributed by atoms with Gasteiger partial charge in [-0.05, 0) is 47.5 Å². The number of benzene rings is 2. The van der Waals surface area contributed by atoms with E-state index in [0.29, 0.717) is 31.4 Å². The summed E-state index contributed by atoms with van der Waals surface area (Å²) in [5.41, 5.74) is 3.40. The third kappa shape index (κ3) is 4.30. The average molecular weight is 353 g/mol. The van der Waals surface area contributed by atoms with Gasteiger partial charge in [0.15, 0.2) is 11.5 Å². The average Bonchev–Trinajstić information content (AvgIpc) is 3.13. The van der Waals surface area contributed by atoms with Crippen LogP contribution in [-0.2, 0) is 19.7 Å². The van der Waals surface area contributed by atoms with Gasteiger partial charge in [0.25, 0.3) is 0 Å². The first-order valence-corrected chi connectivity index (χ1v) is 8.55. The van der Waals surface area contributed by atoms with Gasteiger partial charge in [-0.25, -0.2) is 4.68 Å². The number of nitrogens with one attached hydrogen (secondary N) is 1. The zero-order chi connectivity index (χ0) is 18.4. The second kappa shape index (κ2) is 8.33. The topological polar surface area (TPSA) is 74.1 Å². The first-order chi connectivity index (χ1) is 12.7. The van der Waals surface area contributed by atoms with Crippen molar-refractivity contribution in [3.63, 3.8) is 0 Å². The van der Waals surface area contributed by atoms with Crippen LogP contribution in [0.4, 0.5) is 5.95 Å². The third-order valence-electron chi connectivity index (χ3n) is 4.03. The Balaban J connectivity index is 1.64. The molecule has 0 spiro atoms. The Hall–Kier alpha value is -3.09. The van der Waals surface area contributed by atoms with Crippen molar-refractivity contribution in [2.75, 3.05) is 12.4 Å². The highest BCUT2D eigenvalue weighted by molar-refractivity contribution is 5.44. The lowest BCUT2D eigenvalue weighted by atomic mass is 10.1. The highest BCUT2D eigenvalue weighted by Crippen LogP contribution is 2.29. The van der Waals surface area contributed by atoms with E-state index in [4.69, 9.17) is 9.47 Å². The Labute approximate surface area is 152 Å². The number of ether oxygens (including phenoxy) is 2. The molecule has 0 atom stereocenters. The van der Waals surface area contributed by atoms with E-state index in [-0.39, 0.29) is 0 Å². The van der Waals surface area contributed by atoms with Crippen molar-refractivity contribution in [1.82, 2.24) is 20.2 Å². The van der Waals surface area contributed by atoms with Crippen LogP contribution in [0.15, 0.2) is 42.5 Å². The van der Waals surface area contributed by atoms with E-state index < -0.39 is 0 Å². The SMILES string of the molecule is CCn1nnnc1NCc1ccc(OCc2ccc(C)cc2)c(OC)c1. The standard InChI is InChI=1S/C19H23N5O2/c1-4-24-19(21-22-23-24)20-12-16-9-10-17(18(11-16)25-3)26-13-15-7-5-14(2)6-8-15/h5-11H,4,12-13H2,1-3H3,(H,20,21,23). The Morgan fingerprint density at radius 1 is 1.04 bits per heavy atom. The molecule has 0 amide bonds. The zero-order valence-electron chi connectivity index (χ0n) is 15.3. The van der Waals surface area contributed by atoms with Crippen LogP contribution in [0.25, 0.3) is 0 Å². The summed E-state index contributed by atoms with van der Waals surface area (Å²) in [4.78, 5) is 0. The van der Waals surface area contributed by atoms with Crippen LogP contribution < -0.4 is 14.8 Å². The zero-order valence-corrected chi connectivity index (χ0v) is 15.3. The van der Waals surface area contributed by atoms with Gasteiger partial charge in [-0.1, -0.05) is 41.0 Å². The molecule has 1 N–H and O–H groups in total. The smallest absolute Gasteiger partial charge is 0.243 e. The van der Waals surface area contributed by atoms with Crippen molar-refractivity contribution in [2.24, 2.45) is 0 Å². The molecule has 26 heavy (non-hydrogen) atoms. The van der Waals surface area contributed by atoms with Crippen LogP contribution in [0.3, 0.4) is 0 Å². The van der Waals surface area contributed by atoms with Crippen molar-refractivity contribution in [3.05, 3.63) is 59.2 Å². The molecule has 0 unspecified atom stereocenters. The van der Waals surface area contributed by atoms with E-state index in [1.54, 1.807) is 11.8 Å². The molecule has 0 aliphatic rings. The minimum atomic E-state index is 0.500. The normalized spacial score (nSPS) is 10.6. The molecule has 0 aliphatic heterocycles. The number of aryl methyl sites for hydroxylation is 2. The van der Waals surface area contributed by atoms with Crippen LogP contribution in [0.2, 0.25) is 0 Å². The van der Waals surface area contributed by atoms with Crippen LogP contribution in [0.5, 0.6) is 11.5 Å². The maximum Gasteiger partial charge on any atom is 0.243 e. The number of hydrogen-bond donors (Lipinski definition) is 1. The van der Waals surface area contributed by atoms with Gasteiger partial charge >= 0.3 is 0 Å². The van der Waals surface area contributed by atoms with E-state index >= 15 is 0 Å². The van der Waals surface area contributed by atoms with Gasteiger partial charge in [-0.2, -0.15) is 0 Å². The van der Waals surface area contributed by atoms with Crippen molar-refractivity contribution in [3.8, 4) is 11.5 Å². The van der Waals surface area contributed by atoms with E-state index in [1.165, 1.54) is 5.56 Å². The summed E-state index contributed by atoms with van der Waals surface area (Å²) >= 11 is 0. The number of hydrogen-bond acceptors (Lipinski definition) is 6. The molecule has 136 valence electrons. The minimum Gasteiger partial charge on any atom is -0.493 e. The second-order valence-electron chi connectivity index (χ2n) is 5.93. The first kappa shape index (κ1) is 17.7. The van der Waals surface area contributed by atoms with Crippen LogP contribution in [0, 0.1) is 6.92 Å². The largest absolute Gasteiger partial charge is 0.493 e.